The lowest BCUT2D eigenvalue weighted by molar-refractivity contribution is 0.0977. The van der Waals surface area contributed by atoms with Crippen molar-refractivity contribution in [1.29, 1.82) is 0 Å². The van der Waals surface area contributed by atoms with Crippen molar-refractivity contribution in [1.82, 2.24) is 0 Å². The molecule has 25 heavy (non-hydrogen) atoms. The Morgan fingerprint density at radius 1 is 1.20 bits per heavy atom. The average Bonchev–Trinajstić information content (AvgIpc) is 3.05. The maximum atomic E-state index is 12.4. The van der Waals surface area contributed by atoms with Crippen LogP contribution in [0, 0.1) is 6.92 Å². The van der Waals surface area contributed by atoms with Gasteiger partial charge in [-0.25, -0.2) is 0 Å². The molecule has 0 N–H and O–H groups in total. The Morgan fingerprint density at radius 3 is 2.80 bits per heavy atom. The Labute approximate surface area is 145 Å². The Kier molecular flexibility index (Phi) is 5.17. The molecule has 0 bridgehead atoms. The molecule has 5 nitrogen and oxygen atoms in total. The molecule has 0 spiro atoms. The maximum Gasteiger partial charge on any atom is 0.162 e. The second kappa shape index (κ2) is 7.69. The van der Waals surface area contributed by atoms with Gasteiger partial charge in [0.05, 0.1) is 0 Å². The summed E-state index contributed by atoms with van der Waals surface area (Å²) in [5, 5.41) is 4.70. The summed E-state index contributed by atoms with van der Waals surface area (Å²) >= 11 is 0. The standard InChI is InChI=1S/C20H19N3O2/c1-14-5-4-7-15(11-14)18(24)10-9-17(13-22-23-21)20-12-16-6-2-3-8-19(16)25-20/h2-8,11-12,17H,9-10,13H2,1H3. The molecule has 0 aliphatic rings. The van der Waals surface area contributed by atoms with E-state index in [1.54, 1.807) is 0 Å². The minimum absolute atomic E-state index is 0.0887. The van der Waals surface area contributed by atoms with Crippen LogP contribution in [0.2, 0.25) is 0 Å². The number of Topliss-reactive ketones (excluding diaryl/α,β-unsaturated/α-hetero) is 1. The molecule has 5 heteroatoms. The van der Waals surface area contributed by atoms with E-state index in [2.05, 4.69) is 10.0 Å². The molecule has 3 aromatic rings. The summed E-state index contributed by atoms with van der Waals surface area (Å²) in [6, 6.07) is 17.3. The van der Waals surface area contributed by atoms with E-state index in [9.17, 15) is 4.79 Å². The molecule has 2 aromatic carbocycles. The fourth-order valence-corrected chi connectivity index (χ4v) is 2.93. The van der Waals surface area contributed by atoms with Gasteiger partial charge in [-0.05, 0) is 37.1 Å². The van der Waals surface area contributed by atoms with Crippen molar-refractivity contribution in [2.24, 2.45) is 5.11 Å². The number of hydrogen-bond acceptors (Lipinski definition) is 3. The first-order valence-electron chi connectivity index (χ1n) is 8.26. The van der Waals surface area contributed by atoms with Crippen molar-refractivity contribution in [3.63, 3.8) is 0 Å². The Bertz CT molecular complexity index is 906. The number of ketones is 1. The van der Waals surface area contributed by atoms with E-state index in [0.717, 1.165) is 22.3 Å². The molecule has 1 heterocycles. The monoisotopic (exact) mass is 333 g/mol. The van der Waals surface area contributed by atoms with Crippen LogP contribution < -0.4 is 0 Å². The summed E-state index contributed by atoms with van der Waals surface area (Å²) in [5.74, 6) is 0.730. The van der Waals surface area contributed by atoms with Gasteiger partial charge in [-0.1, -0.05) is 47.1 Å². The van der Waals surface area contributed by atoms with Crippen LogP contribution in [0.4, 0.5) is 0 Å². The largest absolute Gasteiger partial charge is 0.461 e. The number of fused-ring (bicyclic) bond motifs is 1. The maximum absolute atomic E-state index is 12.4. The van der Waals surface area contributed by atoms with Crippen molar-refractivity contribution in [2.75, 3.05) is 6.54 Å². The molecule has 0 amide bonds. The van der Waals surface area contributed by atoms with Gasteiger partial charge in [-0.2, -0.15) is 0 Å². The number of para-hydroxylation sites is 1. The van der Waals surface area contributed by atoms with Gasteiger partial charge in [-0.15, -0.1) is 0 Å². The molecule has 0 fully saturated rings. The van der Waals surface area contributed by atoms with Gasteiger partial charge in [0.15, 0.2) is 5.78 Å². The van der Waals surface area contributed by atoms with Crippen molar-refractivity contribution in [3.8, 4) is 0 Å². The number of carbonyl (C=O) groups is 1. The van der Waals surface area contributed by atoms with Crippen molar-refractivity contribution in [3.05, 3.63) is 81.9 Å². The lowest BCUT2D eigenvalue weighted by Gasteiger charge is -2.11. The molecule has 1 unspecified atom stereocenters. The fourth-order valence-electron chi connectivity index (χ4n) is 2.93. The number of rotatable bonds is 7. The van der Waals surface area contributed by atoms with E-state index in [1.165, 1.54) is 0 Å². The smallest absolute Gasteiger partial charge is 0.162 e. The van der Waals surface area contributed by atoms with Crippen LogP contribution in [-0.2, 0) is 0 Å². The zero-order valence-electron chi connectivity index (χ0n) is 14.1. The zero-order chi connectivity index (χ0) is 17.6. The molecule has 0 saturated carbocycles. The molecule has 0 aliphatic heterocycles. The summed E-state index contributed by atoms with van der Waals surface area (Å²) in [4.78, 5) is 15.3. The van der Waals surface area contributed by atoms with E-state index < -0.39 is 0 Å². The summed E-state index contributed by atoms with van der Waals surface area (Å²) < 4.78 is 5.89. The van der Waals surface area contributed by atoms with Crippen LogP contribution in [0.3, 0.4) is 0 Å². The Hall–Kier alpha value is -3.04. The van der Waals surface area contributed by atoms with E-state index in [1.807, 2.05) is 61.5 Å². The molecule has 1 aromatic heterocycles. The Balaban J connectivity index is 1.76. The van der Waals surface area contributed by atoms with Crippen LogP contribution in [0.1, 0.15) is 40.4 Å². The average molecular weight is 333 g/mol. The first-order chi connectivity index (χ1) is 12.2. The van der Waals surface area contributed by atoms with Gasteiger partial charge in [-0.3, -0.25) is 4.79 Å². The first kappa shape index (κ1) is 16.8. The van der Waals surface area contributed by atoms with Gasteiger partial charge in [0.2, 0.25) is 0 Å². The predicted octanol–water partition coefficient (Wildman–Crippen LogP) is 5.80. The number of nitrogens with zero attached hydrogens (tertiary/aromatic N) is 3. The summed E-state index contributed by atoms with van der Waals surface area (Å²) in [6.07, 6.45) is 0.956. The molecule has 0 aliphatic carbocycles. The lowest BCUT2D eigenvalue weighted by Crippen LogP contribution is -2.06. The minimum atomic E-state index is -0.114. The Morgan fingerprint density at radius 2 is 2.04 bits per heavy atom. The molecule has 0 saturated heterocycles. The number of hydrogen-bond donors (Lipinski definition) is 0. The zero-order valence-corrected chi connectivity index (χ0v) is 14.1. The summed E-state index contributed by atoms with van der Waals surface area (Å²) in [6.45, 7) is 2.24. The second-order valence-corrected chi connectivity index (χ2v) is 6.13. The van der Waals surface area contributed by atoms with Crippen molar-refractivity contribution < 1.29 is 9.21 Å². The van der Waals surface area contributed by atoms with Crippen LogP contribution in [0.15, 0.2) is 64.1 Å². The molecule has 3 rings (SSSR count). The fraction of sp³-hybridized carbons (Fsp3) is 0.250. The highest BCUT2D eigenvalue weighted by Gasteiger charge is 2.18. The molecular formula is C20H19N3O2. The topological polar surface area (TPSA) is 79.0 Å². The molecule has 126 valence electrons. The number of benzene rings is 2. The second-order valence-electron chi connectivity index (χ2n) is 6.13. The van der Waals surface area contributed by atoms with E-state index in [-0.39, 0.29) is 18.2 Å². The van der Waals surface area contributed by atoms with Gasteiger partial charge < -0.3 is 4.42 Å². The van der Waals surface area contributed by atoms with Gasteiger partial charge in [0, 0.05) is 34.7 Å². The lowest BCUT2D eigenvalue weighted by atomic mass is 9.96. The minimum Gasteiger partial charge on any atom is -0.461 e. The molecule has 0 radical (unpaired) electrons. The van der Waals surface area contributed by atoms with Crippen LogP contribution in [-0.4, -0.2) is 12.3 Å². The van der Waals surface area contributed by atoms with Crippen LogP contribution in [0.25, 0.3) is 21.4 Å². The summed E-state index contributed by atoms with van der Waals surface area (Å²) in [7, 11) is 0. The number of azide groups is 1. The number of furan rings is 1. The predicted molar refractivity (Wildman–Crippen MR) is 97.7 cm³/mol. The number of carbonyl (C=O) groups excluding carboxylic acids is 1. The highest BCUT2D eigenvalue weighted by atomic mass is 16.3. The van der Waals surface area contributed by atoms with Gasteiger partial charge >= 0.3 is 0 Å². The third-order valence-corrected chi connectivity index (χ3v) is 4.27. The first-order valence-corrected chi connectivity index (χ1v) is 8.26. The highest BCUT2D eigenvalue weighted by Crippen LogP contribution is 2.29. The third-order valence-electron chi connectivity index (χ3n) is 4.27. The molecular weight excluding hydrogens is 314 g/mol. The van der Waals surface area contributed by atoms with Gasteiger partial charge in [0.25, 0.3) is 0 Å². The van der Waals surface area contributed by atoms with Crippen LogP contribution >= 0.6 is 0 Å². The quantitative estimate of drug-likeness (QED) is 0.237. The number of aryl methyl sites for hydroxylation is 1. The highest BCUT2D eigenvalue weighted by molar-refractivity contribution is 5.96. The van der Waals surface area contributed by atoms with E-state index in [0.29, 0.717) is 18.4 Å². The van der Waals surface area contributed by atoms with Crippen molar-refractivity contribution >= 4 is 16.8 Å². The summed E-state index contributed by atoms with van der Waals surface area (Å²) in [5.41, 5.74) is 11.2. The van der Waals surface area contributed by atoms with Crippen molar-refractivity contribution in [2.45, 2.75) is 25.7 Å². The van der Waals surface area contributed by atoms with E-state index >= 15 is 0 Å². The normalized spacial score (nSPS) is 11.9. The van der Waals surface area contributed by atoms with Gasteiger partial charge in [0.1, 0.15) is 11.3 Å². The van der Waals surface area contributed by atoms with E-state index in [4.69, 9.17) is 9.95 Å². The van der Waals surface area contributed by atoms with Crippen LogP contribution in [0.5, 0.6) is 0 Å². The SMILES string of the molecule is Cc1cccc(C(=O)CCC(CN=[N+]=[N-])c2cc3ccccc3o2)c1. The third kappa shape index (κ3) is 4.08. The molecule has 1 atom stereocenters.